The van der Waals surface area contributed by atoms with E-state index in [0.29, 0.717) is 6.42 Å². The molecule has 0 radical (unpaired) electrons. The molecule has 0 fully saturated rings. The van der Waals surface area contributed by atoms with Gasteiger partial charge in [0.1, 0.15) is 12.1 Å². The number of methoxy groups -OCH3 is 1. The molecule has 5 aromatic rings. The van der Waals surface area contributed by atoms with E-state index in [-0.39, 0.29) is 25.1 Å². The van der Waals surface area contributed by atoms with Gasteiger partial charge in [0, 0.05) is 35.9 Å². The molecule has 2 aromatic carbocycles. The highest BCUT2D eigenvalue weighted by molar-refractivity contribution is 5.86. The molecule has 3 heterocycles. The van der Waals surface area contributed by atoms with Gasteiger partial charge in [0.25, 0.3) is 0 Å². The first-order valence-electron chi connectivity index (χ1n) is 20.3. The van der Waals surface area contributed by atoms with Crippen molar-refractivity contribution in [2.45, 2.75) is 105 Å². The second kappa shape index (κ2) is 19.8. The fraction of sp³-hybridized carbons (Fsp3) is 0.404. The van der Waals surface area contributed by atoms with Gasteiger partial charge < -0.3 is 25.8 Å². The number of alkyl carbamates (subject to hydrolysis) is 1. The second-order valence-electron chi connectivity index (χ2n) is 17.5. The van der Waals surface area contributed by atoms with Crippen LogP contribution in [0.3, 0.4) is 0 Å². The zero-order valence-corrected chi connectivity index (χ0v) is 35.9. The van der Waals surface area contributed by atoms with E-state index < -0.39 is 59.0 Å². The number of hydrogen-bond donors (Lipinski definition) is 4. The monoisotopic (exact) mass is 817 g/mol. The van der Waals surface area contributed by atoms with Gasteiger partial charge in [-0.25, -0.2) is 9.59 Å². The molecular formula is C47H59N7O6. The normalized spacial score (nSPS) is 14.3. The highest BCUT2D eigenvalue weighted by Gasteiger charge is 2.38. The molecule has 60 heavy (non-hydrogen) atoms. The number of pyridine rings is 2. The first kappa shape index (κ1) is 45.0. The number of aliphatic hydroxyl groups is 1. The third kappa shape index (κ3) is 12.2. The zero-order valence-electron chi connectivity index (χ0n) is 35.9. The summed E-state index contributed by atoms with van der Waals surface area (Å²) in [5, 5.41) is 21.1. The predicted octanol–water partition coefficient (Wildman–Crippen LogP) is 6.03. The topological polar surface area (TPSA) is 169 Å². The van der Waals surface area contributed by atoms with Crippen molar-refractivity contribution in [1.29, 1.82) is 0 Å². The van der Waals surface area contributed by atoms with Gasteiger partial charge in [-0.2, -0.15) is 0 Å². The minimum Gasteiger partial charge on any atom is -0.453 e. The van der Waals surface area contributed by atoms with E-state index in [0.717, 1.165) is 33.8 Å². The van der Waals surface area contributed by atoms with E-state index in [1.807, 2.05) is 139 Å². The SMILES string of the molecule is COC(=O)N[C@H](C(=O)N[C@H](Cc1ccc(-c2ccccn2)cc1)C[C@H](O)[C@H](Cc1ccccc1)NC(=O)[C@@H](n1ccn(Cc2cccc(C)n2)c1=O)C(C)(C)C)C(C)(C)C. The molecule has 0 unspecified atom stereocenters. The summed E-state index contributed by atoms with van der Waals surface area (Å²) in [7, 11) is 1.24. The summed E-state index contributed by atoms with van der Waals surface area (Å²) in [5.74, 6) is -0.881. The molecule has 0 bridgehead atoms. The minimum atomic E-state index is -1.16. The van der Waals surface area contributed by atoms with Crippen LogP contribution in [-0.4, -0.2) is 73.5 Å². The van der Waals surface area contributed by atoms with E-state index >= 15 is 0 Å². The number of nitrogens with one attached hydrogen (secondary N) is 3. The zero-order chi connectivity index (χ0) is 43.6. The first-order valence-corrected chi connectivity index (χ1v) is 20.3. The summed E-state index contributed by atoms with van der Waals surface area (Å²) in [6.45, 7) is 13.3. The van der Waals surface area contributed by atoms with E-state index in [1.54, 1.807) is 18.6 Å². The molecule has 0 aliphatic heterocycles. The number of aryl methyl sites for hydroxylation is 1. The van der Waals surface area contributed by atoms with E-state index in [2.05, 4.69) is 25.9 Å². The lowest BCUT2D eigenvalue weighted by Gasteiger charge is -2.35. The fourth-order valence-corrected chi connectivity index (χ4v) is 7.37. The molecule has 0 saturated carbocycles. The lowest BCUT2D eigenvalue weighted by Crippen LogP contribution is -2.57. The van der Waals surface area contributed by atoms with Crippen molar-refractivity contribution < 1.29 is 24.2 Å². The van der Waals surface area contributed by atoms with Crippen LogP contribution in [0.25, 0.3) is 11.3 Å². The number of benzene rings is 2. The first-order chi connectivity index (χ1) is 28.4. The van der Waals surface area contributed by atoms with Gasteiger partial charge in [0.15, 0.2) is 0 Å². The molecule has 318 valence electrons. The van der Waals surface area contributed by atoms with Crippen LogP contribution in [0.1, 0.15) is 76.5 Å². The van der Waals surface area contributed by atoms with Crippen molar-refractivity contribution in [3.05, 3.63) is 143 Å². The van der Waals surface area contributed by atoms with Gasteiger partial charge in [0.05, 0.1) is 37.2 Å². The number of hydrogen-bond acceptors (Lipinski definition) is 8. The van der Waals surface area contributed by atoms with Crippen LogP contribution in [0, 0.1) is 17.8 Å². The molecule has 0 saturated heterocycles. The summed E-state index contributed by atoms with van der Waals surface area (Å²) >= 11 is 0. The van der Waals surface area contributed by atoms with Crippen LogP contribution >= 0.6 is 0 Å². The van der Waals surface area contributed by atoms with Crippen molar-refractivity contribution in [3.8, 4) is 11.3 Å². The Hall–Kier alpha value is -6.08. The standard InChI is InChI=1S/C47H59N7O6/c1-31-15-14-18-35(49-31)30-53-25-26-54(45(53)59)41(47(5,6)7)43(57)51-38(28-32-16-10-9-11-17-32)39(55)29-36(50-42(56)40(46(2,3)4)52-44(58)60-8)27-33-20-22-34(23-21-33)37-19-12-13-24-48-37/h9-26,36,38-41,55H,27-30H2,1-8H3,(H,50,56)(H,51,57)(H,52,58)/t36-,38+,39+,40-,41-/m1/s1. The Morgan fingerprint density at radius 1 is 0.767 bits per heavy atom. The lowest BCUT2D eigenvalue weighted by atomic mass is 9.85. The van der Waals surface area contributed by atoms with Crippen LogP contribution < -0.4 is 21.6 Å². The molecule has 4 N–H and O–H groups in total. The van der Waals surface area contributed by atoms with Gasteiger partial charge >= 0.3 is 11.8 Å². The number of nitrogens with zero attached hydrogens (tertiary/aromatic N) is 4. The van der Waals surface area contributed by atoms with Crippen molar-refractivity contribution in [1.82, 2.24) is 35.1 Å². The van der Waals surface area contributed by atoms with Gasteiger partial charge in [-0.05, 0) is 72.4 Å². The molecule has 3 aromatic heterocycles. The summed E-state index contributed by atoms with van der Waals surface area (Å²) in [5.41, 5.74) is 3.31. The van der Waals surface area contributed by atoms with Crippen LogP contribution in [-0.2, 0) is 33.7 Å². The maximum atomic E-state index is 14.6. The maximum absolute atomic E-state index is 14.6. The average Bonchev–Trinajstić information content (AvgIpc) is 3.54. The summed E-state index contributed by atoms with van der Waals surface area (Å²) in [6.07, 6.45) is 3.75. The number of imidazole rings is 1. The highest BCUT2D eigenvalue weighted by atomic mass is 16.5. The fourth-order valence-electron chi connectivity index (χ4n) is 7.37. The summed E-state index contributed by atoms with van der Waals surface area (Å²) < 4.78 is 7.81. The van der Waals surface area contributed by atoms with E-state index in [9.17, 15) is 24.3 Å². The van der Waals surface area contributed by atoms with E-state index in [4.69, 9.17) is 4.74 Å². The largest absolute Gasteiger partial charge is 0.453 e. The molecule has 13 nitrogen and oxygen atoms in total. The smallest absolute Gasteiger partial charge is 0.407 e. The van der Waals surface area contributed by atoms with Gasteiger partial charge in [-0.15, -0.1) is 0 Å². The van der Waals surface area contributed by atoms with Gasteiger partial charge in [-0.1, -0.05) is 108 Å². The number of aliphatic hydroxyl groups excluding tert-OH is 1. The molecular weight excluding hydrogens is 759 g/mol. The number of rotatable bonds is 16. The molecule has 0 spiro atoms. The number of amides is 3. The van der Waals surface area contributed by atoms with E-state index in [1.165, 1.54) is 16.2 Å². The predicted molar refractivity (Wildman–Crippen MR) is 232 cm³/mol. The molecule has 13 heteroatoms. The quantitative estimate of drug-likeness (QED) is 0.0937. The third-order valence-corrected chi connectivity index (χ3v) is 10.4. The Balaban J connectivity index is 1.45. The highest BCUT2D eigenvalue weighted by Crippen LogP contribution is 2.31. The number of ether oxygens (including phenoxy) is 1. The number of carbonyl (C=O) groups is 3. The van der Waals surface area contributed by atoms with Crippen LogP contribution in [0.5, 0.6) is 0 Å². The summed E-state index contributed by atoms with van der Waals surface area (Å²) in [6, 6.07) is 25.3. The molecule has 5 atom stereocenters. The molecule has 3 amide bonds. The van der Waals surface area contributed by atoms with Crippen LogP contribution in [0.4, 0.5) is 4.79 Å². The van der Waals surface area contributed by atoms with Gasteiger partial charge in [0.2, 0.25) is 11.8 Å². The minimum absolute atomic E-state index is 0.0423. The maximum Gasteiger partial charge on any atom is 0.407 e. The van der Waals surface area contributed by atoms with Crippen molar-refractivity contribution >= 4 is 17.9 Å². The second-order valence-corrected chi connectivity index (χ2v) is 17.5. The number of aromatic nitrogens is 4. The molecule has 0 aliphatic rings. The Morgan fingerprint density at radius 2 is 1.45 bits per heavy atom. The average molecular weight is 818 g/mol. The van der Waals surface area contributed by atoms with Crippen molar-refractivity contribution in [3.63, 3.8) is 0 Å². The Morgan fingerprint density at radius 3 is 2.07 bits per heavy atom. The summed E-state index contributed by atoms with van der Waals surface area (Å²) in [4.78, 5) is 63.8. The molecule has 0 aliphatic carbocycles. The Labute approximate surface area is 352 Å². The lowest BCUT2D eigenvalue weighted by molar-refractivity contribution is -0.129. The van der Waals surface area contributed by atoms with Crippen LogP contribution in [0.15, 0.2) is 114 Å². The van der Waals surface area contributed by atoms with Crippen LogP contribution in [0.2, 0.25) is 0 Å². The van der Waals surface area contributed by atoms with Gasteiger partial charge in [-0.3, -0.25) is 28.7 Å². The Kier molecular flexibility index (Phi) is 14.8. The van der Waals surface area contributed by atoms with Crippen molar-refractivity contribution in [2.75, 3.05) is 7.11 Å². The third-order valence-electron chi connectivity index (χ3n) is 10.4. The molecule has 5 rings (SSSR count). The van der Waals surface area contributed by atoms with Crippen molar-refractivity contribution in [2.24, 2.45) is 10.8 Å². The Bertz CT molecular complexity index is 2240. The number of carbonyl (C=O) groups excluding carboxylic acids is 3.